The van der Waals surface area contributed by atoms with Gasteiger partial charge in [-0.05, 0) is 47.1 Å². The van der Waals surface area contributed by atoms with E-state index in [1.165, 1.54) is 14.2 Å². The van der Waals surface area contributed by atoms with Crippen LogP contribution in [-0.2, 0) is 9.53 Å². The highest BCUT2D eigenvalue weighted by molar-refractivity contribution is 9.10. The van der Waals surface area contributed by atoms with Gasteiger partial charge in [-0.15, -0.1) is 0 Å². The fourth-order valence-electron chi connectivity index (χ4n) is 2.87. The van der Waals surface area contributed by atoms with E-state index >= 15 is 0 Å². The zero-order valence-corrected chi connectivity index (χ0v) is 20.0. The molecule has 1 aliphatic heterocycles. The molecular formula is C23H20BrNO6S. The number of nitrogens with zero attached hydrogens (tertiary/aromatic N) is 1. The van der Waals surface area contributed by atoms with Gasteiger partial charge in [0.1, 0.15) is 27.9 Å². The normalized spacial score (nSPS) is 15.9. The van der Waals surface area contributed by atoms with E-state index in [2.05, 4.69) is 20.9 Å². The van der Waals surface area contributed by atoms with Crippen LogP contribution in [0, 0.1) is 0 Å². The van der Waals surface area contributed by atoms with E-state index < -0.39 is 11.9 Å². The largest absolute Gasteiger partial charge is 0.506 e. The number of ether oxygens (including phenoxy) is 3. The van der Waals surface area contributed by atoms with Crippen molar-refractivity contribution < 1.29 is 28.9 Å². The molecule has 0 radical (unpaired) electrons. The molecule has 1 amide bonds. The maximum absolute atomic E-state index is 12.6. The van der Waals surface area contributed by atoms with Crippen LogP contribution < -0.4 is 9.47 Å². The number of hydrogen-bond donors (Lipinski definition) is 1. The van der Waals surface area contributed by atoms with E-state index in [1.54, 1.807) is 55.5 Å². The number of amides is 1. The van der Waals surface area contributed by atoms with Crippen LogP contribution in [0.3, 0.4) is 0 Å². The standard InChI is InChI=1S/C23H20BrNO6S/c1-4-31-23(28)19-20(26)18(11-14-10-15(24)17(30-3)12-16(14)29-2)32-22(19)25-21(27)13-8-6-5-7-9-13/h5-12,26H,4H2,1-3H3. The Hall–Kier alpha value is -3.04. The fraction of sp³-hybridized carbons (Fsp3) is 0.174. The lowest BCUT2D eigenvalue weighted by molar-refractivity contribution is -0.138. The van der Waals surface area contributed by atoms with Crippen LogP contribution in [0.2, 0.25) is 0 Å². The van der Waals surface area contributed by atoms with Crippen LogP contribution in [0.1, 0.15) is 22.8 Å². The van der Waals surface area contributed by atoms with Crippen LogP contribution in [0.4, 0.5) is 0 Å². The Morgan fingerprint density at radius 3 is 2.44 bits per heavy atom. The highest BCUT2D eigenvalue weighted by atomic mass is 79.9. The molecule has 9 heteroatoms. The molecule has 1 aliphatic rings. The van der Waals surface area contributed by atoms with Crippen LogP contribution in [0.5, 0.6) is 11.5 Å². The minimum Gasteiger partial charge on any atom is -0.506 e. The summed E-state index contributed by atoms with van der Waals surface area (Å²) in [6.45, 7) is 1.76. The number of rotatable bonds is 6. The van der Waals surface area contributed by atoms with Crippen LogP contribution >= 0.6 is 27.7 Å². The molecular weight excluding hydrogens is 498 g/mol. The average Bonchev–Trinajstić information content (AvgIpc) is 3.09. The molecule has 2 aromatic rings. The zero-order valence-electron chi connectivity index (χ0n) is 17.5. The Bertz CT molecular complexity index is 1140. The molecule has 1 heterocycles. The number of aliphatic hydroxyl groups excluding tert-OH is 1. The van der Waals surface area contributed by atoms with Crippen LogP contribution in [-0.4, -0.2) is 42.9 Å². The summed E-state index contributed by atoms with van der Waals surface area (Å²) in [6.07, 6.45) is 1.64. The first-order valence-electron chi connectivity index (χ1n) is 9.49. The van der Waals surface area contributed by atoms with Crippen LogP contribution in [0.15, 0.2) is 68.2 Å². The summed E-state index contributed by atoms with van der Waals surface area (Å²) in [7, 11) is 3.05. The number of methoxy groups -OCH3 is 2. The van der Waals surface area contributed by atoms with Gasteiger partial charge in [0.2, 0.25) is 0 Å². The average molecular weight is 518 g/mol. The summed E-state index contributed by atoms with van der Waals surface area (Å²) in [5, 5.41) is 10.9. The van der Waals surface area contributed by atoms with Crippen molar-refractivity contribution in [2.45, 2.75) is 6.92 Å². The predicted molar refractivity (Wildman–Crippen MR) is 127 cm³/mol. The molecule has 0 atom stereocenters. The molecule has 0 aromatic heterocycles. The molecule has 32 heavy (non-hydrogen) atoms. The Morgan fingerprint density at radius 2 is 1.81 bits per heavy atom. The monoisotopic (exact) mass is 517 g/mol. The molecule has 1 N–H and O–H groups in total. The maximum atomic E-state index is 12.6. The second-order valence-electron chi connectivity index (χ2n) is 6.37. The third-order valence-electron chi connectivity index (χ3n) is 4.38. The summed E-state index contributed by atoms with van der Waals surface area (Å²) in [5.41, 5.74) is 0.827. The molecule has 2 aromatic carbocycles. The molecule has 7 nitrogen and oxygen atoms in total. The van der Waals surface area contributed by atoms with Crippen molar-refractivity contribution in [2.24, 2.45) is 4.99 Å². The van der Waals surface area contributed by atoms with Gasteiger partial charge in [-0.25, -0.2) is 9.79 Å². The first-order valence-corrected chi connectivity index (χ1v) is 11.1. The Labute approximate surface area is 197 Å². The molecule has 166 valence electrons. The smallest absolute Gasteiger partial charge is 0.344 e. The topological polar surface area (TPSA) is 94.4 Å². The molecule has 3 rings (SSSR count). The Balaban J connectivity index is 2.07. The van der Waals surface area contributed by atoms with Crippen molar-refractivity contribution in [1.29, 1.82) is 0 Å². The SMILES string of the molecule is CCOC(=O)C1=C(O)C(=Cc2cc(Br)c(OC)cc2OC)SC1=NC(=O)c1ccccc1. The lowest BCUT2D eigenvalue weighted by Gasteiger charge is -2.10. The quantitative estimate of drug-likeness (QED) is 0.528. The molecule has 0 unspecified atom stereocenters. The van der Waals surface area contributed by atoms with Crippen molar-refractivity contribution in [3.63, 3.8) is 0 Å². The van der Waals surface area contributed by atoms with Crippen molar-refractivity contribution in [3.8, 4) is 11.5 Å². The van der Waals surface area contributed by atoms with Crippen molar-refractivity contribution in [2.75, 3.05) is 20.8 Å². The number of benzene rings is 2. The first kappa shape index (κ1) is 23.6. The number of carbonyl (C=O) groups excluding carboxylic acids is 2. The molecule has 0 saturated heterocycles. The van der Waals surface area contributed by atoms with Gasteiger partial charge in [-0.3, -0.25) is 4.79 Å². The number of thioether (sulfide) groups is 1. The van der Waals surface area contributed by atoms with Gasteiger partial charge < -0.3 is 19.3 Å². The Kier molecular flexibility index (Phi) is 7.76. The molecule has 0 saturated carbocycles. The predicted octanol–water partition coefficient (Wildman–Crippen LogP) is 5.17. The summed E-state index contributed by atoms with van der Waals surface area (Å²) < 4.78 is 16.5. The number of carbonyl (C=O) groups is 2. The third kappa shape index (κ3) is 5.05. The molecule has 0 spiro atoms. The second-order valence-corrected chi connectivity index (χ2v) is 8.26. The first-order chi connectivity index (χ1) is 15.4. The van der Waals surface area contributed by atoms with E-state index in [4.69, 9.17) is 14.2 Å². The van der Waals surface area contributed by atoms with Gasteiger partial charge in [0, 0.05) is 17.2 Å². The van der Waals surface area contributed by atoms with Gasteiger partial charge in [-0.1, -0.05) is 30.0 Å². The second kappa shape index (κ2) is 10.5. The third-order valence-corrected chi connectivity index (χ3v) is 6.02. The van der Waals surface area contributed by atoms with E-state index in [0.29, 0.717) is 32.0 Å². The number of aliphatic imine (C=N–C) groups is 1. The van der Waals surface area contributed by atoms with Crippen molar-refractivity contribution >= 4 is 50.7 Å². The minimum absolute atomic E-state index is 0.0626. The summed E-state index contributed by atoms with van der Waals surface area (Å²) in [4.78, 5) is 29.5. The summed E-state index contributed by atoms with van der Waals surface area (Å²) >= 11 is 4.42. The van der Waals surface area contributed by atoms with Gasteiger partial charge >= 0.3 is 5.97 Å². The number of halogens is 1. The highest BCUT2D eigenvalue weighted by Gasteiger charge is 2.34. The molecule has 0 fully saturated rings. The minimum atomic E-state index is -0.761. The number of aliphatic hydroxyl groups is 1. The molecule has 0 aliphatic carbocycles. The van der Waals surface area contributed by atoms with Gasteiger partial charge in [-0.2, -0.15) is 0 Å². The van der Waals surface area contributed by atoms with Crippen LogP contribution in [0.25, 0.3) is 6.08 Å². The van der Waals surface area contributed by atoms with E-state index in [1.807, 2.05) is 0 Å². The zero-order chi connectivity index (χ0) is 23.3. The fourth-order valence-corrected chi connectivity index (χ4v) is 4.39. The summed E-state index contributed by atoms with van der Waals surface area (Å²) in [6, 6.07) is 11.9. The van der Waals surface area contributed by atoms with Gasteiger partial charge in [0.15, 0.2) is 0 Å². The van der Waals surface area contributed by atoms with Gasteiger partial charge in [0.05, 0.1) is 30.2 Å². The van der Waals surface area contributed by atoms with E-state index in [0.717, 1.165) is 11.8 Å². The summed E-state index contributed by atoms with van der Waals surface area (Å²) in [5.74, 6) is -0.542. The lowest BCUT2D eigenvalue weighted by Crippen LogP contribution is -2.14. The van der Waals surface area contributed by atoms with E-state index in [9.17, 15) is 14.7 Å². The van der Waals surface area contributed by atoms with E-state index in [-0.39, 0.29) is 23.0 Å². The lowest BCUT2D eigenvalue weighted by atomic mass is 10.1. The maximum Gasteiger partial charge on any atom is 0.344 e. The number of esters is 1. The van der Waals surface area contributed by atoms with Crippen molar-refractivity contribution in [3.05, 3.63) is 74.3 Å². The highest BCUT2D eigenvalue weighted by Crippen LogP contribution is 2.41. The Morgan fingerprint density at radius 1 is 1.12 bits per heavy atom. The molecule has 0 bridgehead atoms. The van der Waals surface area contributed by atoms with Gasteiger partial charge in [0.25, 0.3) is 5.91 Å². The number of hydrogen-bond acceptors (Lipinski definition) is 7. The van der Waals surface area contributed by atoms with Crippen molar-refractivity contribution in [1.82, 2.24) is 0 Å².